The average molecular weight is 299 g/mol. The van der Waals surface area contributed by atoms with Crippen LogP contribution in [0.2, 0.25) is 0 Å². The van der Waals surface area contributed by atoms with Crippen molar-refractivity contribution in [3.05, 3.63) is 0 Å². The molecule has 0 radical (unpaired) electrons. The number of Topliss-reactive ketones (excluding diaryl/α,β-unsaturated/α-hetero) is 1. The number of hydrogen-bond acceptors (Lipinski definition) is 2. The Labute approximate surface area is 97.0 Å². The molecule has 3 nitrogen and oxygen atoms in total. The Balaban J connectivity index is 0.00000144. The van der Waals surface area contributed by atoms with E-state index in [2.05, 4.69) is 21.1 Å². The molecule has 0 saturated carbocycles. The van der Waals surface area contributed by atoms with Crippen molar-refractivity contribution in [2.45, 2.75) is 25.6 Å². The van der Waals surface area contributed by atoms with Gasteiger partial charge in [-0.3, -0.25) is 4.79 Å². The highest BCUT2D eigenvalue weighted by molar-refractivity contribution is 5.84. The SMILES string of the molecule is C[C@@H]1O[C@@H](C[N+](C)(C)C)CC1=O.[I-]. The summed E-state index contributed by atoms with van der Waals surface area (Å²) in [5.41, 5.74) is 0. The van der Waals surface area contributed by atoms with E-state index < -0.39 is 0 Å². The quantitative estimate of drug-likeness (QED) is 0.414. The third kappa shape index (κ3) is 4.37. The van der Waals surface area contributed by atoms with Crippen LogP contribution >= 0.6 is 0 Å². The smallest absolute Gasteiger partial charge is 0.164 e. The predicted octanol–water partition coefficient (Wildman–Crippen LogP) is -2.56. The second kappa shape index (κ2) is 4.70. The highest BCUT2D eigenvalue weighted by atomic mass is 127. The Morgan fingerprint density at radius 3 is 2.31 bits per heavy atom. The molecule has 0 aromatic carbocycles. The topological polar surface area (TPSA) is 26.3 Å². The number of ketones is 1. The third-order valence-corrected chi connectivity index (χ3v) is 2.03. The van der Waals surface area contributed by atoms with Crippen molar-refractivity contribution in [3.8, 4) is 0 Å². The summed E-state index contributed by atoms with van der Waals surface area (Å²) in [6.07, 6.45) is 0.547. The van der Waals surface area contributed by atoms with Gasteiger partial charge in [-0.25, -0.2) is 0 Å². The highest BCUT2D eigenvalue weighted by Crippen LogP contribution is 2.17. The van der Waals surface area contributed by atoms with E-state index in [4.69, 9.17) is 4.74 Å². The predicted molar refractivity (Wildman–Crippen MR) is 46.9 cm³/mol. The third-order valence-electron chi connectivity index (χ3n) is 2.03. The lowest BCUT2D eigenvalue weighted by Crippen LogP contribution is -3.00. The van der Waals surface area contributed by atoms with Crippen LogP contribution in [0.1, 0.15) is 13.3 Å². The van der Waals surface area contributed by atoms with Crippen molar-refractivity contribution in [1.29, 1.82) is 0 Å². The zero-order valence-electron chi connectivity index (χ0n) is 8.71. The molecular weight excluding hydrogens is 281 g/mol. The lowest BCUT2D eigenvalue weighted by Gasteiger charge is -2.26. The molecule has 2 atom stereocenters. The summed E-state index contributed by atoms with van der Waals surface area (Å²) in [6, 6.07) is 0. The zero-order chi connectivity index (χ0) is 9.35. The van der Waals surface area contributed by atoms with E-state index in [9.17, 15) is 4.79 Å². The van der Waals surface area contributed by atoms with Crippen molar-refractivity contribution in [1.82, 2.24) is 0 Å². The Bertz CT molecular complexity index is 189. The molecular formula is C9H18INO2. The van der Waals surface area contributed by atoms with E-state index in [1.54, 1.807) is 0 Å². The first kappa shape index (κ1) is 13.3. The molecule has 1 aliphatic rings. The fourth-order valence-electron chi connectivity index (χ4n) is 1.52. The minimum absolute atomic E-state index is 0. The molecule has 78 valence electrons. The number of quaternary nitrogens is 1. The number of carbonyl (C=O) groups is 1. The van der Waals surface area contributed by atoms with Crippen LogP contribution in [0.15, 0.2) is 0 Å². The van der Waals surface area contributed by atoms with Crippen LogP contribution in [0.3, 0.4) is 0 Å². The molecule has 13 heavy (non-hydrogen) atoms. The summed E-state index contributed by atoms with van der Waals surface area (Å²) in [4.78, 5) is 11.1. The molecule has 0 spiro atoms. The largest absolute Gasteiger partial charge is 1.00 e. The van der Waals surface area contributed by atoms with Crippen LogP contribution in [-0.2, 0) is 9.53 Å². The molecule has 1 aliphatic heterocycles. The van der Waals surface area contributed by atoms with Gasteiger partial charge in [0.15, 0.2) is 5.78 Å². The number of nitrogens with zero attached hydrogens (tertiary/aromatic N) is 1. The molecule has 0 aromatic rings. The van der Waals surface area contributed by atoms with Crippen LogP contribution in [-0.4, -0.2) is 50.2 Å². The molecule has 0 unspecified atom stereocenters. The van der Waals surface area contributed by atoms with Gasteiger partial charge in [-0.2, -0.15) is 0 Å². The van der Waals surface area contributed by atoms with Crippen molar-refractivity contribution in [3.63, 3.8) is 0 Å². The first-order valence-corrected chi connectivity index (χ1v) is 4.37. The number of carbonyl (C=O) groups excluding carboxylic acids is 1. The van der Waals surface area contributed by atoms with Crippen molar-refractivity contribution in [2.24, 2.45) is 0 Å². The van der Waals surface area contributed by atoms with Crippen molar-refractivity contribution in [2.75, 3.05) is 27.7 Å². The van der Waals surface area contributed by atoms with Gasteiger partial charge in [-0.15, -0.1) is 0 Å². The van der Waals surface area contributed by atoms with E-state index in [1.807, 2.05) is 6.92 Å². The molecule has 0 aliphatic carbocycles. The van der Waals surface area contributed by atoms with Crippen LogP contribution in [0, 0.1) is 0 Å². The van der Waals surface area contributed by atoms with Crippen LogP contribution in [0.4, 0.5) is 0 Å². The monoisotopic (exact) mass is 299 g/mol. The number of hydrogen-bond donors (Lipinski definition) is 0. The summed E-state index contributed by atoms with van der Waals surface area (Å²) in [5.74, 6) is 0.244. The molecule has 1 saturated heterocycles. The maximum atomic E-state index is 11.1. The van der Waals surface area contributed by atoms with Gasteiger partial charge in [0.1, 0.15) is 18.8 Å². The summed E-state index contributed by atoms with van der Waals surface area (Å²) >= 11 is 0. The van der Waals surface area contributed by atoms with Gasteiger partial charge in [0.05, 0.1) is 21.1 Å². The van der Waals surface area contributed by atoms with Gasteiger partial charge in [0, 0.05) is 6.42 Å². The summed E-state index contributed by atoms with van der Waals surface area (Å²) in [7, 11) is 6.32. The first-order chi connectivity index (χ1) is 5.38. The van der Waals surface area contributed by atoms with Crippen molar-refractivity contribution < 1.29 is 38.0 Å². The molecule has 0 aromatic heterocycles. The first-order valence-electron chi connectivity index (χ1n) is 4.37. The van der Waals surface area contributed by atoms with E-state index in [0.29, 0.717) is 6.42 Å². The molecule has 1 heterocycles. The van der Waals surface area contributed by atoms with E-state index >= 15 is 0 Å². The van der Waals surface area contributed by atoms with Gasteiger partial charge >= 0.3 is 0 Å². The van der Waals surface area contributed by atoms with Crippen LogP contribution in [0.5, 0.6) is 0 Å². The Morgan fingerprint density at radius 2 is 2.00 bits per heavy atom. The minimum atomic E-state index is -0.179. The van der Waals surface area contributed by atoms with Gasteiger partial charge in [0.2, 0.25) is 0 Å². The molecule has 0 bridgehead atoms. The highest BCUT2D eigenvalue weighted by Gasteiger charge is 2.33. The van der Waals surface area contributed by atoms with E-state index in [0.717, 1.165) is 11.0 Å². The summed E-state index contributed by atoms with van der Waals surface area (Å²) in [6.45, 7) is 2.74. The lowest BCUT2D eigenvalue weighted by atomic mass is 10.2. The fraction of sp³-hybridized carbons (Fsp3) is 0.889. The van der Waals surface area contributed by atoms with Gasteiger partial charge < -0.3 is 33.2 Å². The van der Waals surface area contributed by atoms with Crippen LogP contribution in [0.25, 0.3) is 0 Å². The second-order valence-corrected chi connectivity index (χ2v) is 4.54. The van der Waals surface area contributed by atoms with Gasteiger partial charge in [-0.05, 0) is 6.92 Å². The number of likely N-dealkylation sites (N-methyl/N-ethyl adjacent to an activating group) is 1. The molecule has 0 amide bonds. The van der Waals surface area contributed by atoms with Gasteiger partial charge in [-0.1, -0.05) is 0 Å². The molecule has 0 N–H and O–H groups in total. The molecule has 1 rings (SSSR count). The molecule has 1 fully saturated rings. The van der Waals surface area contributed by atoms with E-state index in [-0.39, 0.29) is 42.0 Å². The lowest BCUT2D eigenvalue weighted by molar-refractivity contribution is -0.873. The van der Waals surface area contributed by atoms with E-state index in [1.165, 1.54) is 0 Å². The number of rotatable bonds is 2. The normalized spacial score (nSPS) is 28.8. The van der Waals surface area contributed by atoms with Crippen LogP contribution < -0.4 is 24.0 Å². The standard InChI is InChI=1S/C9H18NO2.HI/c1-7-9(11)5-8(12-7)6-10(2,3)4;/h7-8H,5-6H2,1-4H3;1H/q+1;/p-1/t7-,8+;/m0./s1. The second-order valence-electron chi connectivity index (χ2n) is 4.54. The maximum Gasteiger partial charge on any atom is 0.164 e. The Hall–Kier alpha value is 0.320. The number of ether oxygens (including phenoxy) is 1. The Kier molecular flexibility index (Phi) is 4.82. The van der Waals surface area contributed by atoms with Gasteiger partial charge in [0.25, 0.3) is 0 Å². The molecule has 4 heteroatoms. The average Bonchev–Trinajstić information content (AvgIpc) is 2.07. The summed E-state index contributed by atoms with van der Waals surface area (Å²) < 4.78 is 6.34. The summed E-state index contributed by atoms with van der Waals surface area (Å²) in [5, 5.41) is 0. The fourth-order valence-corrected chi connectivity index (χ4v) is 1.52. The minimum Gasteiger partial charge on any atom is -1.00 e. The maximum absolute atomic E-state index is 11.1. The number of halogens is 1. The van der Waals surface area contributed by atoms with Crippen molar-refractivity contribution >= 4 is 5.78 Å². The Morgan fingerprint density at radius 1 is 1.46 bits per heavy atom. The zero-order valence-corrected chi connectivity index (χ0v) is 10.9.